The van der Waals surface area contributed by atoms with E-state index in [1.54, 1.807) is 4.90 Å². The predicted octanol–water partition coefficient (Wildman–Crippen LogP) is 5.14. The SMILES string of the molecule is [CH2][C@@H]1CCCN(c2c([N+](=O)[O-])ccc3c2nc(C(F)(F)F)n3-c2ccccc2F)C1. The number of aromatic nitrogens is 2. The van der Waals surface area contributed by atoms with E-state index in [0.717, 1.165) is 18.6 Å². The molecule has 4 rings (SSSR count). The highest BCUT2D eigenvalue weighted by Gasteiger charge is 2.40. The highest BCUT2D eigenvalue weighted by molar-refractivity contribution is 5.96. The van der Waals surface area contributed by atoms with Crippen molar-refractivity contribution in [3.05, 3.63) is 65.1 Å². The molecule has 6 nitrogen and oxygen atoms in total. The lowest BCUT2D eigenvalue weighted by molar-refractivity contribution is -0.384. The first-order chi connectivity index (χ1) is 14.2. The third-order valence-corrected chi connectivity index (χ3v) is 5.16. The molecule has 2 aromatic carbocycles. The highest BCUT2D eigenvalue weighted by atomic mass is 19.4. The van der Waals surface area contributed by atoms with E-state index in [9.17, 15) is 27.7 Å². The largest absolute Gasteiger partial charge is 0.450 e. The van der Waals surface area contributed by atoms with Gasteiger partial charge in [0.25, 0.3) is 5.69 Å². The Morgan fingerprint density at radius 2 is 1.93 bits per heavy atom. The van der Waals surface area contributed by atoms with Gasteiger partial charge >= 0.3 is 6.18 Å². The van der Waals surface area contributed by atoms with Crippen LogP contribution in [0.15, 0.2) is 36.4 Å². The van der Waals surface area contributed by atoms with E-state index in [-0.39, 0.29) is 34.0 Å². The summed E-state index contributed by atoms with van der Waals surface area (Å²) in [5, 5.41) is 11.6. The second-order valence-electron chi connectivity index (χ2n) is 7.23. The number of para-hydroxylation sites is 1. The molecule has 0 N–H and O–H groups in total. The quantitative estimate of drug-likeness (QED) is 0.334. The van der Waals surface area contributed by atoms with Crippen molar-refractivity contribution in [3.63, 3.8) is 0 Å². The van der Waals surface area contributed by atoms with Gasteiger partial charge in [0.2, 0.25) is 5.82 Å². The van der Waals surface area contributed by atoms with Crippen molar-refractivity contribution in [1.82, 2.24) is 9.55 Å². The number of hydrogen-bond donors (Lipinski definition) is 0. The lowest BCUT2D eigenvalue weighted by atomic mass is 9.99. The minimum atomic E-state index is -4.90. The van der Waals surface area contributed by atoms with E-state index in [0.29, 0.717) is 24.1 Å². The lowest BCUT2D eigenvalue weighted by Gasteiger charge is -2.32. The first-order valence-electron chi connectivity index (χ1n) is 9.28. The molecule has 1 saturated heterocycles. The Labute approximate surface area is 168 Å². The van der Waals surface area contributed by atoms with Crippen molar-refractivity contribution in [3.8, 4) is 5.69 Å². The Kier molecular flexibility index (Phi) is 4.87. The standard InChI is InChI=1S/C20H17F4N4O2/c1-12-5-4-10-26(11-12)18-16(28(29)30)9-8-15-17(18)25-19(20(22,23)24)27(15)14-7-3-2-6-13(14)21/h2-3,6-9,12H,1,4-5,10-11H2/t12-/m1/s1. The van der Waals surface area contributed by atoms with Crippen molar-refractivity contribution in [2.45, 2.75) is 19.0 Å². The van der Waals surface area contributed by atoms with Gasteiger partial charge in [0.05, 0.1) is 16.1 Å². The minimum absolute atomic E-state index is 0.00596. The first-order valence-corrected chi connectivity index (χ1v) is 9.28. The molecule has 30 heavy (non-hydrogen) atoms. The molecule has 0 amide bonds. The van der Waals surface area contributed by atoms with Crippen molar-refractivity contribution in [2.75, 3.05) is 18.0 Å². The molecule has 1 aliphatic rings. The Bertz CT molecular complexity index is 1130. The van der Waals surface area contributed by atoms with Gasteiger partial charge in [0, 0.05) is 19.2 Å². The van der Waals surface area contributed by atoms with Gasteiger partial charge in [0.15, 0.2) is 0 Å². The molecule has 1 aliphatic heterocycles. The molecular weight excluding hydrogens is 404 g/mol. The van der Waals surface area contributed by atoms with E-state index < -0.39 is 22.7 Å². The fraction of sp³-hybridized carbons (Fsp3) is 0.300. The van der Waals surface area contributed by atoms with Crippen LogP contribution in [0.1, 0.15) is 18.7 Å². The van der Waals surface area contributed by atoms with E-state index in [1.807, 2.05) is 0 Å². The van der Waals surface area contributed by atoms with Crippen molar-refractivity contribution in [2.24, 2.45) is 5.92 Å². The predicted molar refractivity (Wildman–Crippen MR) is 103 cm³/mol. The molecule has 1 atom stereocenters. The van der Waals surface area contributed by atoms with Crippen molar-refractivity contribution < 1.29 is 22.5 Å². The molecule has 0 saturated carbocycles. The van der Waals surface area contributed by atoms with Crippen molar-refractivity contribution in [1.29, 1.82) is 0 Å². The average molecular weight is 421 g/mol. The summed E-state index contributed by atoms with van der Waals surface area (Å²) in [7, 11) is 0. The zero-order valence-corrected chi connectivity index (χ0v) is 15.7. The van der Waals surface area contributed by atoms with Crippen LogP contribution in [0.5, 0.6) is 0 Å². The van der Waals surface area contributed by atoms with Crippen LogP contribution in [-0.2, 0) is 6.18 Å². The van der Waals surface area contributed by atoms with Crippen LogP contribution in [0, 0.1) is 28.8 Å². The molecule has 1 radical (unpaired) electrons. The maximum Gasteiger partial charge on any atom is 0.450 e. The molecule has 157 valence electrons. The maximum absolute atomic E-state index is 14.4. The van der Waals surface area contributed by atoms with Crippen LogP contribution in [0.2, 0.25) is 0 Å². The molecule has 0 spiro atoms. The van der Waals surface area contributed by atoms with E-state index in [1.165, 1.54) is 24.3 Å². The zero-order chi connectivity index (χ0) is 21.6. The van der Waals surface area contributed by atoms with Crippen LogP contribution in [0.4, 0.5) is 28.9 Å². The fourth-order valence-electron chi connectivity index (χ4n) is 3.91. The van der Waals surface area contributed by atoms with Crippen molar-refractivity contribution >= 4 is 22.4 Å². The third-order valence-electron chi connectivity index (χ3n) is 5.16. The molecule has 10 heteroatoms. The van der Waals surface area contributed by atoms with Gasteiger partial charge in [-0.25, -0.2) is 9.37 Å². The maximum atomic E-state index is 14.4. The molecule has 2 heterocycles. The molecule has 0 bridgehead atoms. The summed E-state index contributed by atoms with van der Waals surface area (Å²) in [6.45, 7) is 4.77. The van der Waals surface area contributed by atoms with Crippen LogP contribution in [0.25, 0.3) is 16.7 Å². The second-order valence-corrected chi connectivity index (χ2v) is 7.23. The first kappa shape index (κ1) is 20.1. The number of piperidine rings is 1. The number of hydrogen-bond acceptors (Lipinski definition) is 4. The van der Waals surface area contributed by atoms with Gasteiger partial charge in [-0.3, -0.25) is 14.7 Å². The van der Waals surface area contributed by atoms with Gasteiger partial charge in [0.1, 0.15) is 17.0 Å². The average Bonchev–Trinajstić information content (AvgIpc) is 3.07. The van der Waals surface area contributed by atoms with Gasteiger partial charge in [-0.15, -0.1) is 0 Å². The molecule has 0 aliphatic carbocycles. The number of alkyl halides is 3. The Hall–Kier alpha value is -3.17. The van der Waals surface area contributed by atoms with E-state index in [2.05, 4.69) is 11.9 Å². The molecule has 1 fully saturated rings. The third kappa shape index (κ3) is 3.35. The van der Waals surface area contributed by atoms with E-state index >= 15 is 0 Å². The number of nitro benzene ring substituents is 1. The molecule has 3 aromatic rings. The highest BCUT2D eigenvalue weighted by Crippen LogP contribution is 2.42. The zero-order valence-electron chi connectivity index (χ0n) is 15.7. The van der Waals surface area contributed by atoms with Crippen LogP contribution < -0.4 is 4.90 Å². The number of nitrogens with zero attached hydrogens (tertiary/aromatic N) is 4. The van der Waals surface area contributed by atoms with E-state index in [4.69, 9.17) is 0 Å². The van der Waals surface area contributed by atoms with Crippen LogP contribution >= 0.6 is 0 Å². The summed E-state index contributed by atoms with van der Waals surface area (Å²) in [4.78, 5) is 16.4. The summed E-state index contributed by atoms with van der Waals surface area (Å²) in [6.07, 6.45) is -3.39. The van der Waals surface area contributed by atoms with Crippen LogP contribution in [-0.4, -0.2) is 27.6 Å². The van der Waals surface area contributed by atoms with Gasteiger partial charge in [-0.05, 0) is 43.9 Å². The fourth-order valence-corrected chi connectivity index (χ4v) is 3.91. The molecule has 1 aromatic heterocycles. The number of fused-ring (bicyclic) bond motifs is 1. The lowest BCUT2D eigenvalue weighted by Crippen LogP contribution is -2.34. The number of halogens is 4. The number of benzene rings is 2. The molecule has 0 unspecified atom stereocenters. The summed E-state index contributed by atoms with van der Waals surface area (Å²) in [6, 6.07) is 7.35. The summed E-state index contributed by atoms with van der Waals surface area (Å²) >= 11 is 0. The second kappa shape index (κ2) is 7.26. The van der Waals surface area contributed by atoms with Gasteiger partial charge in [-0.2, -0.15) is 13.2 Å². The monoisotopic (exact) mass is 421 g/mol. The number of imidazole rings is 1. The van der Waals surface area contributed by atoms with Gasteiger partial charge < -0.3 is 4.90 Å². The summed E-state index contributed by atoms with van der Waals surface area (Å²) in [5.41, 5.74) is -0.913. The number of anilines is 1. The minimum Gasteiger partial charge on any atom is -0.364 e. The topological polar surface area (TPSA) is 64.2 Å². The number of rotatable bonds is 3. The summed E-state index contributed by atoms with van der Waals surface area (Å²) < 4.78 is 56.6. The normalized spacial score (nSPS) is 17.5. The Morgan fingerprint density at radius 1 is 1.20 bits per heavy atom. The number of nitro groups is 1. The Morgan fingerprint density at radius 3 is 2.57 bits per heavy atom. The molecular formula is C20H17F4N4O2. The Balaban J connectivity index is 2.07. The van der Waals surface area contributed by atoms with Gasteiger partial charge in [-0.1, -0.05) is 12.1 Å². The smallest absolute Gasteiger partial charge is 0.364 e. The van der Waals surface area contributed by atoms with Crippen LogP contribution in [0.3, 0.4) is 0 Å². The summed E-state index contributed by atoms with van der Waals surface area (Å²) in [5.74, 6) is -2.23.